The van der Waals surface area contributed by atoms with E-state index in [2.05, 4.69) is 32.2 Å². The topological polar surface area (TPSA) is 75.2 Å². The number of guanidine groups is 1. The monoisotopic (exact) mass is 356 g/mol. The standard InChI is InChI=1S/C18H36N4O3/c1-3-19-18(20-10-7-5-4-6-9-17(23)24-2)21-11-8-12-22-13-15-25-16-14-22/h3-16H2,1-2H3,(H2,19,20,21). The third-order valence-corrected chi connectivity index (χ3v) is 4.18. The summed E-state index contributed by atoms with van der Waals surface area (Å²) in [6, 6.07) is 0. The molecule has 1 aliphatic heterocycles. The molecule has 1 fully saturated rings. The lowest BCUT2D eigenvalue weighted by molar-refractivity contribution is -0.140. The summed E-state index contributed by atoms with van der Waals surface area (Å²) in [5.41, 5.74) is 0. The first kappa shape index (κ1) is 21.7. The van der Waals surface area contributed by atoms with E-state index in [1.54, 1.807) is 0 Å². The fourth-order valence-corrected chi connectivity index (χ4v) is 2.71. The molecule has 1 heterocycles. The Morgan fingerprint density at radius 2 is 1.88 bits per heavy atom. The molecule has 0 radical (unpaired) electrons. The maximum Gasteiger partial charge on any atom is 0.305 e. The number of aliphatic imine (C=N–C) groups is 1. The van der Waals surface area contributed by atoms with Crippen LogP contribution in [0.2, 0.25) is 0 Å². The number of carbonyl (C=O) groups excluding carboxylic acids is 1. The van der Waals surface area contributed by atoms with Crippen molar-refractivity contribution in [2.24, 2.45) is 4.99 Å². The van der Waals surface area contributed by atoms with E-state index in [0.29, 0.717) is 6.42 Å². The second-order valence-electron chi connectivity index (χ2n) is 6.24. The lowest BCUT2D eigenvalue weighted by Crippen LogP contribution is -2.38. The summed E-state index contributed by atoms with van der Waals surface area (Å²) < 4.78 is 10.00. The Morgan fingerprint density at radius 3 is 2.60 bits per heavy atom. The molecule has 0 amide bonds. The van der Waals surface area contributed by atoms with Gasteiger partial charge < -0.3 is 20.1 Å². The average Bonchev–Trinajstić information content (AvgIpc) is 2.64. The van der Waals surface area contributed by atoms with Gasteiger partial charge in [-0.1, -0.05) is 12.8 Å². The van der Waals surface area contributed by atoms with Crippen molar-refractivity contribution in [3.8, 4) is 0 Å². The van der Waals surface area contributed by atoms with Crippen LogP contribution in [0.1, 0.15) is 45.4 Å². The Morgan fingerprint density at radius 1 is 1.12 bits per heavy atom. The molecule has 0 atom stereocenters. The summed E-state index contributed by atoms with van der Waals surface area (Å²) in [6.07, 6.45) is 5.76. The van der Waals surface area contributed by atoms with Gasteiger partial charge in [-0.05, 0) is 26.2 Å². The number of esters is 1. The van der Waals surface area contributed by atoms with Crippen molar-refractivity contribution < 1.29 is 14.3 Å². The minimum Gasteiger partial charge on any atom is -0.469 e. The van der Waals surface area contributed by atoms with Crippen molar-refractivity contribution in [1.82, 2.24) is 15.5 Å². The molecular formula is C18H36N4O3. The van der Waals surface area contributed by atoms with Crippen molar-refractivity contribution in [1.29, 1.82) is 0 Å². The Labute approximate surface area is 152 Å². The van der Waals surface area contributed by atoms with E-state index in [1.165, 1.54) is 7.11 Å². The van der Waals surface area contributed by atoms with Gasteiger partial charge in [0.25, 0.3) is 0 Å². The number of hydrogen-bond acceptors (Lipinski definition) is 5. The molecule has 0 unspecified atom stereocenters. The molecule has 0 saturated carbocycles. The van der Waals surface area contributed by atoms with Crippen LogP contribution < -0.4 is 10.6 Å². The maximum atomic E-state index is 11.0. The van der Waals surface area contributed by atoms with Crippen molar-refractivity contribution in [3.05, 3.63) is 0 Å². The van der Waals surface area contributed by atoms with Gasteiger partial charge in [0.05, 0.1) is 20.3 Å². The highest BCUT2D eigenvalue weighted by Crippen LogP contribution is 2.03. The zero-order chi connectivity index (χ0) is 18.2. The third kappa shape index (κ3) is 11.8. The number of nitrogens with zero attached hydrogens (tertiary/aromatic N) is 2. The number of rotatable bonds is 12. The molecular weight excluding hydrogens is 320 g/mol. The first-order chi connectivity index (χ1) is 12.3. The van der Waals surface area contributed by atoms with Gasteiger partial charge >= 0.3 is 5.97 Å². The second kappa shape index (κ2) is 15.0. The molecule has 1 saturated heterocycles. The molecule has 7 nitrogen and oxygen atoms in total. The molecule has 1 aliphatic rings. The van der Waals surface area contributed by atoms with Gasteiger partial charge in [-0.3, -0.25) is 14.7 Å². The number of methoxy groups -OCH3 is 1. The highest BCUT2D eigenvalue weighted by atomic mass is 16.5. The SMILES string of the molecule is CCNC(=NCCCN1CCOCC1)NCCCCCCC(=O)OC. The summed E-state index contributed by atoms with van der Waals surface area (Å²) in [5.74, 6) is 0.788. The summed E-state index contributed by atoms with van der Waals surface area (Å²) in [7, 11) is 1.44. The zero-order valence-corrected chi connectivity index (χ0v) is 16.0. The van der Waals surface area contributed by atoms with E-state index in [9.17, 15) is 4.79 Å². The number of unbranched alkanes of at least 4 members (excludes halogenated alkanes) is 3. The van der Waals surface area contributed by atoms with Gasteiger partial charge in [-0.2, -0.15) is 0 Å². The Balaban J connectivity index is 2.06. The van der Waals surface area contributed by atoms with E-state index >= 15 is 0 Å². The largest absolute Gasteiger partial charge is 0.469 e. The quantitative estimate of drug-likeness (QED) is 0.238. The van der Waals surface area contributed by atoms with E-state index in [4.69, 9.17) is 4.74 Å². The molecule has 0 bridgehead atoms. The molecule has 25 heavy (non-hydrogen) atoms. The van der Waals surface area contributed by atoms with Crippen LogP contribution in [-0.4, -0.2) is 76.4 Å². The van der Waals surface area contributed by atoms with E-state index in [0.717, 1.165) is 90.5 Å². The van der Waals surface area contributed by atoms with Crippen LogP contribution in [-0.2, 0) is 14.3 Å². The number of carbonyl (C=O) groups is 1. The lowest BCUT2D eigenvalue weighted by Gasteiger charge is -2.26. The Bertz CT molecular complexity index is 371. The van der Waals surface area contributed by atoms with Crippen molar-refractivity contribution in [2.75, 3.05) is 59.6 Å². The Hall–Kier alpha value is -1.34. The zero-order valence-electron chi connectivity index (χ0n) is 16.0. The minimum absolute atomic E-state index is 0.114. The van der Waals surface area contributed by atoms with Gasteiger partial charge in [0.2, 0.25) is 0 Å². The highest BCUT2D eigenvalue weighted by molar-refractivity contribution is 5.79. The molecule has 0 aliphatic carbocycles. The van der Waals surface area contributed by atoms with Gasteiger partial charge in [0.15, 0.2) is 5.96 Å². The van der Waals surface area contributed by atoms with Gasteiger partial charge in [-0.25, -0.2) is 0 Å². The number of nitrogens with one attached hydrogen (secondary N) is 2. The fourth-order valence-electron chi connectivity index (χ4n) is 2.71. The predicted octanol–water partition coefficient (Wildman–Crippen LogP) is 1.39. The van der Waals surface area contributed by atoms with Crippen LogP contribution >= 0.6 is 0 Å². The summed E-state index contributed by atoms with van der Waals surface area (Å²) in [4.78, 5) is 18.1. The van der Waals surface area contributed by atoms with E-state index < -0.39 is 0 Å². The summed E-state index contributed by atoms with van der Waals surface area (Å²) in [6.45, 7) is 9.58. The number of hydrogen-bond donors (Lipinski definition) is 2. The summed E-state index contributed by atoms with van der Waals surface area (Å²) >= 11 is 0. The van der Waals surface area contributed by atoms with Crippen LogP contribution in [0.4, 0.5) is 0 Å². The smallest absolute Gasteiger partial charge is 0.305 e. The highest BCUT2D eigenvalue weighted by Gasteiger charge is 2.09. The fraction of sp³-hybridized carbons (Fsp3) is 0.889. The first-order valence-corrected chi connectivity index (χ1v) is 9.65. The van der Waals surface area contributed by atoms with Crippen LogP contribution in [0.3, 0.4) is 0 Å². The van der Waals surface area contributed by atoms with Crippen LogP contribution in [0.5, 0.6) is 0 Å². The third-order valence-electron chi connectivity index (χ3n) is 4.18. The van der Waals surface area contributed by atoms with Gasteiger partial charge in [-0.15, -0.1) is 0 Å². The molecule has 0 spiro atoms. The van der Waals surface area contributed by atoms with Crippen molar-refractivity contribution >= 4 is 11.9 Å². The normalized spacial score (nSPS) is 15.8. The van der Waals surface area contributed by atoms with E-state index in [1.807, 2.05) is 0 Å². The second-order valence-corrected chi connectivity index (χ2v) is 6.24. The van der Waals surface area contributed by atoms with Crippen LogP contribution in [0.15, 0.2) is 4.99 Å². The lowest BCUT2D eigenvalue weighted by atomic mass is 10.1. The number of morpholine rings is 1. The van der Waals surface area contributed by atoms with E-state index in [-0.39, 0.29) is 5.97 Å². The molecule has 0 aromatic carbocycles. The van der Waals surface area contributed by atoms with Gasteiger partial charge in [0, 0.05) is 45.7 Å². The van der Waals surface area contributed by atoms with Crippen molar-refractivity contribution in [3.63, 3.8) is 0 Å². The average molecular weight is 357 g/mol. The predicted molar refractivity (Wildman–Crippen MR) is 101 cm³/mol. The molecule has 0 aromatic rings. The van der Waals surface area contributed by atoms with Gasteiger partial charge in [0.1, 0.15) is 0 Å². The van der Waals surface area contributed by atoms with Crippen LogP contribution in [0.25, 0.3) is 0 Å². The molecule has 7 heteroatoms. The Kier molecular flexibility index (Phi) is 13.0. The molecule has 2 N–H and O–H groups in total. The molecule has 1 rings (SSSR count). The minimum atomic E-state index is -0.114. The maximum absolute atomic E-state index is 11.0. The van der Waals surface area contributed by atoms with Crippen LogP contribution in [0, 0.1) is 0 Å². The summed E-state index contributed by atoms with van der Waals surface area (Å²) in [5, 5.41) is 6.67. The first-order valence-electron chi connectivity index (χ1n) is 9.65. The molecule has 146 valence electrons. The van der Waals surface area contributed by atoms with Crippen molar-refractivity contribution in [2.45, 2.75) is 45.4 Å². The molecule has 0 aromatic heterocycles. The number of ether oxygens (including phenoxy) is 2.